The lowest BCUT2D eigenvalue weighted by molar-refractivity contribution is -0.275. The van der Waals surface area contributed by atoms with Crippen LogP contribution < -0.4 is 5.32 Å². The number of aromatic nitrogens is 2. The minimum Gasteiger partial charge on any atom is -0.506 e. The number of hydrogen-bond acceptors (Lipinski definition) is 4. The molecule has 1 aliphatic carbocycles. The van der Waals surface area contributed by atoms with E-state index in [9.17, 15) is 23.4 Å². The normalized spacial score (nSPS) is 21.4. The van der Waals surface area contributed by atoms with E-state index in [2.05, 4.69) is 10.4 Å². The predicted octanol–water partition coefficient (Wildman–Crippen LogP) is 6.82. The van der Waals surface area contributed by atoms with Crippen LogP contribution >= 0.6 is 11.6 Å². The Morgan fingerprint density at radius 3 is 2.44 bits per heavy atom. The van der Waals surface area contributed by atoms with Crippen LogP contribution in [0.3, 0.4) is 0 Å². The Labute approximate surface area is 211 Å². The molecule has 0 saturated carbocycles. The fraction of sp³-hybridized carbons (Fsp3) is 0.296. The number of benzene rings is 3. The van der Waals surface area contributed by atoms with Gasteiger partial charge in [0.2, 0.25) is 0 Å². The van der Waals surface area contributed by atoms with Gasteiger partial charge in [-0.1, -0.05) is 49.2 Å². The Morgan fingerprint density at radius 2 is 1.78 bits per heavy atom. The maximum absolute atomic E-state index is 14.4. The van der Waals surface area contributed by atoms with Gasteiger partial charge < -0.3 is 15.5 Å². The number of phenolic OH excluding ortho intramolecular Hbond substituents is 1. The molecule has 1 heterocycles. The number of halogens is 4. The van der Waals surface area contributed by atoms with Crippen molar-refractivity contribution in [3.8, 4) is 11.4 Å². The molecule has 36 heavy (non-hydrogen) atoms. The summed E-state index contributed by atoms with van der Waals surface area (Å²) in [4.78, 5) is 0. The molecule has 3 N–H and O–H groups in total. The van der Waals surface area contributed by atoms with Gasteiger partial charge in [0.15, 0.2) is 5.60 Å². The average molecular weight is 516 g/mol. The SMILES string of the molecule is Cc1ccc(-n2ncc3cc(N[C@H]4c5ccc(Cl)c(O)c5C(C)(C)C[C@]4(O)C(F)(F)F)ccc32)cc1. The largest absolute Gasteiger partial charge is 0.506 e. The molecule has 0 radical (unpaired) electrons. The van der Waals surface area contributed by atoms with Crippen molar-refractivity contribution in [1.82, 2.24) is 9.78 Å². The van der Waals surface area contributed by atoms with Crippen molar-refractivity contribution in [3.63, 3.8) is 0 Å². The van der Waals surface area contributed by atoms with Crippen molar-refractivity contribution >= 4 is 28.2 Å². The molecule has 0 spiro atoms. The van der Waals surface area contributed by atoms with E-state index in [1.54, 1.807) is 42.9 Å². The number of phenols is 1. The number of alkyl halides is 3. The highest BCUT2D eigenvalue weighted by Crippen LogP contribution is 2.57. The van der Waals surface area contributed by atoms with Gasteiger partial charge in [0.25, 0.3) is 0 Å². The first kappa shape index (κ1) is 24.5. The van der Waals surface area contributed by atoms with Crippen molar-refractivity contribution in [3.05, 3.63) is 82.5 Å². The topological polar surface area (TPSA) is 70.3 Å². The van der Waals surface area contributed by atoms with Gasteiger partial charge in [0.05, 0.1) is 28.5 Å². The number of nitrogens with zero attached hydrogens (tertiary/aromatic N) is 2. The molecule has 5 rings (SSSR count). The van der Waals surface area contributed by atoms with Crippen LogP contribution in [0.15, 0.2) is 60.8 Å². The van der Waals surface area contributed by atoms with Gasteiger partial charge in [-0.25, -0.2) is 4.68 Å². The highest BCUT2D eigenvalue weighted by atomic mass is 35.5. The Hall–Kier alpha value is -3.23. The number of anilines is 1. The summed E-state index contributed by atoms with van der Waals surface area (Å²) in [5.41, 5.74) is -0.723. The molecule has 2 atom stereocenters. The number of hydrogen-bond donors (Lipinski definition) is 3. The molecular formula is C27H25ClF3N3O2. The number of aromatic hydroxyl groups is 1. The summed E-state index contributed by atoms with van der Waals surface area (Å²) < 4.78 is 44.9. The summed E-state index contributed by atoms with van der Waals surface area (Å²) in [6, 6.07) is 14.1. The summed E-state index contributed by atoms with van der Waals surface area (Å²) in [6.07, 6.45) is -3.95. The lowest BCUT2D eigenvalue weighted by Crippen LogP contribution is -2.58. The van der Waals surface area contributed by atoms with Crippen LogP contribution in [0.2, 0.25) is 5.02 Å². The predicted molar refractivity (Wildman–Crippen MR) is 134 cm³/mol. The van der Waals surface area contributed by atoms with Crippen molar-refractivity contribution in [2.24, 2.45) is 0 Å². The summed E-state index contributed by atoms with van der Waals surface area (Å²) in [5.74, 6) is -0.273. The number of aliphatic hydroxyl groups is 1. The molecule has 0 bridgehead atoms. The van der Waals surface area contributed by atoms with E-state index in [0.29, 0.717) is 11.1 Å². The van der Waals surface area contributed by atoms with Crippen LogP contribution in [-0.4, -0.2) is 31.8 Å². The smallest absolute Gasteiger partial charge is 0.419 e. The van der Waals surface area contributed by atoms with Crippen LogP contribution in [0.25, 0.3) is 16.6 Å². The number of fused-ring (bicyclic) bond motifs is 2. The van der Waals surface area contributed by atoms with Crippen molar-refractivity contribution in [2.75, 3.05) is 5.32 Å². The molecular weight excluding hydrogens is 491 g/mol. The molecule has 1 aliphatic rings. The van der Waals surface area contributed by atoms with Crippen LogP contribution in [0.1, 0.15) is 43.0 Å². The maximum atomic E-state index is 14.4. The summed E-state index contributed by atoms with van der Waals surface area (Å²) >= 11 is 6.10. The molecule has 0 fully saturated rings. The van der Waals surface area contributed by atoms with E-state index >= 15 is 0 Å². The minimum atomic E-state index is -4.94. The first-order chi connectivity index (χ1) is 16.8. The van der Waals surface area contributed by atoms with Crippen molar-refractivity contribution in [1.29, 1.82) is 0 Å². The van der Waals surface area contributed by atoms with Gasteiger partial charge in [0.1, 0.15) is 5.75 Å². The van der Waals surface area contributed by atoms with E-state index < -0.39 is 29.7 Å². The molecule has 4 aromatic rings. The molecule has 3 aromatic carbocycles. The van der Waals surface area contributed by atoms with Gasteiger partial charge in [0, 0.05) is 16.6 Å². The van der Waals surface area contributed by atoms with E-state index in [0.717, 1.165) is 16.8 Å². The molecule has 5 nitrogen and oxygen atoms in total. The third-order valence-electron chi connectivity index (χ3n) is 6.99. The molecule has 0 unspecified atom stereocenters. The Bertz CT molecular complexity index is 1460. The van der Waals surface area contributed by atoms with E-state index in [-0.39, 0.29) is 21.9 Å². The Morgan fingerprint density at radius 1 is 1.08 bits per heavy atom. The molecule has 0 amide bonds. The van der Waals surface area contributed by atoms with Gasteiger partial charge >= 0.3 is 6.18 Å². The zero-order valence-corrected chi connectivity index (χ0v) is 20.6. The van der Waals surface area contributed by atoms with Crippen LogP contribution in [0.5, 0.6) is 5.75 Å². The molecule has 9 heteroatoms. The first-order valence-corrected chi connectivity index (χ1v) is 11.8. The monoisotopic (exact) mass is 515 g/mol. The van der Waals surface area contributed by atoms with Gasteiger partial charge in [-0.2, -0.15) is 18.3 Å². The second-order valence-corrected chi connectivity index (χ2v) is 10.5. The average Bonchev–Trinajstić information content (AvgIpc) is 3.21. The summed E-state index contributed by atoms with van der Waals surface area (Å²) in [5, 5.41) is 29.9. The van der Waals surface area contributed by atoms with E-state index in [1.807, 2.05) is 31.2 Å². The van der Waals surface area contributed by atoms with Gasteiger partial charge in [-0.3, -0.25) is 0 Å². The van der Waals surface area contributed by atoms with Gasteiger partial charge in [-0.15, -0.1) is 0 Å². The summed E-state index contributed by atoms with van der Waals surface area (Å²) in [6.45, 7) is 5.10. The Balaban J connectivity index is 1.60. The highest BCUT2D eigenvalue weighted by molar-refractivity contribution is 6.32. The number of nitrogens with one attached hydrogen (secondary N) is 1. The first-order valence-electron chi connectivity index (χ1n) is 11.4. The third kappa shape index (κ3) is 3.79. The molecule has 1 aromatic heterocycles. The van der Waals surface area contributed by atoms with E-state index in [4.69, 9.17) is 11.6 Å². The molecule has 188 valence electrons. The summed E-state index contributed by atoms with van der Waals surface area (Å²) in [7, 11) is 0. The zero-order valence-electron chi connectivity index (χ0n) is 19.9. The van der Waals surface area contributed by atoms with Gasteiger partial charge in [-0.05, 0) is 60.7 Å². The van der Waals surface area contributed by atoms with Crippen molar-refractivity contribution < 1.29 is 23.4 Å². The van der Waals surface area contributed by atoms with Crippen molar-refractivity contribution in [2.45, 2.75) is 50.4 Å². The van der Waals surface area contributed by atoms with Crippen LogP contribution in [-0.2, 0) is 5.41 Å². The zero-order chi connectivity index (χ0) is 26.0. The standard InChI is InChI=1S/C27H25ClF3N3O2/c1-15-4-7-18(8-5-15)34-21-11-6-17(12-16(21)13-32-34)33-24-19-9-10-20(28)23(35)22(19)25(2,3)14-26(24,36)27(29,30)31/h4-13,24,33,35-36H,14H2,1-3H3/t24-,26+/m0/s1. The number of rotatable bonds is 3. The third-order valence-corrected chi connectivity index (χ3v) is 7.29. The molecule has 0 saturated heterocycles. The molecule has 0 aliphatic heterocycles. The maximum Gasteiger partial charge on any atom is 0.419 e. The fourth-order valence-corrected chi connectivity index (χ4v) is 5.45. The number of aryl methyl sites for hydroxylation is 1. The van der Waals surface area contributed by atoms with Crippen LogP contribution in [0.4, 0.5) is 18.9 Å². The lowest BCUT2D eigenvalue weighted by atomic mass is 9.63. The second-order valence-electron chi connectivity index (χ2n) is 10.1. The minimum absolute atomic E-state index is 0.0444. The fourth-order valence-electron chi connectivity index (χ4n) is 5.30. The van der Waals surface area contributed by atoms with E-state index in [1.165, 1.54) is 12.1 Å². The second kappa shape index (κ2) is 8.15. The quantitative estimate of drug-likeness (QED) is 0.280. The Kier molecular flexibility index (Phi) is 5.53. The highest BCUT2D eigenvalue weighted by Gasteiger charge is 2.64. The van der Waals surface area contributed by atoms with Crippen LogP contribution in [0, 0.1) is 6.92 Å². The lowest BCUT2D eigenvalue weighted by Gasteiger charge is -2.49.